The lowest BCUT2D eigenvalue weighted by atomic mass is 10.0. The van der Waals surface area contributed by atoms with Gasteiger partial charge < -0.3 is 0 Å². The smallest absolute Gasteiger partial charge is 0.0513 e. The summed E-state index contributed by atoms with van der Waals surface area (Å²) < 4.78 is 0. The van der Waals surface area contributed by atoms with Crippen LogP contribution in [-0.2, 0) is 12.8 Å². The van der Waals surface area contributed by atoms with E-state index in [2.05, 4.69) is 52.7 Å². The lowest BCUT2D eigenvalue weighted by Gasteiger charge is -2.05. The molecule has 0 spiro atoms. The molecule has 0 saturated heterocycles. The quantitative estimate of drug-likeness (QED) is 0.300. The summed E-state index contributed by atoms with van der Waals surface area (Å²) in [5.41, 5.74) is 2.85. The van der Waals surface area contributed by atoms with Crippen molar-refractivity contribution in [1.82, 2.24) is 0 Å². The number of rotatable bonds is 7. The van der Waals surface area contributed by atoms with E-state index in [0.717, 1.165) is 12.8 Å². The Kier molecular flexibility index (Phi) is 7.87. The first-order chi connectivity index (χ1) is 9.38. The van der Waals surface area contributed by atoms with Gasteiger partial charge in [0.15, 0.2) is 0 Å². The molecule has 0 N–H and O–H groups in total. The van der Waals surface area contributed by atoms with E-state index < -0.39 is 0 Å². The van der Waals surface area contributed by atoms with Gasteiger partial charge in [-0.05, 0) is 35.3 Å². The Morgan fingerprint density at radius 2 is 1.84 bits per heavy atom. The average Bonchev–Trinajstić information content (AvgIpc) is 2.44. The van der Waals surface area contributed by atoms with E-state index in [1.807, 2.05) is 18.2 Å². The van der Waals surface area contributed by atoms with Gasteiger partial charge in [-0.2, -0.15) is 5.11 Å². The Balaban J connectivity index is 2.48. The summed E-state index contributed by atoms with van der Waals surface area (Å²) in [5, 5.41) is 10.7. The number of hydrogen-bond acceptors (Lipinski definition) is 2. The van der Waals surface area contributed by atoms with Crippen LogP contribution in [0.25, 0.3) is 0 Å². The minimum Gasteiger partial charge on any atom is -0.172 e. The molecule has 0 aliphatic heterocycles. The molecule has 0 heterocycles. The molecule has 0 fully saturated rings. The first kappa shape index (κ1) is 15.0. The van der Waals surface area contributed by atoms with E-state index in [0.29, 0.717) is 0 Å². The molecule has 0 aromatic heterocycles. The Labute approximate surface area is 115 Å². The van der Waals surface area contributed by atoms with Gasteiger partial charge in [-0.25, -0.2) is 0 Å². The monoisotopic (exact) mass is 255 g/mol. The second-order valence-corrected chi connectivity index (χ2v) is 4.09. The molecule has 19 heavy (non-hydrogen) atoms. The van der Waals surface area contributed by atoms with Gasteiger partial charge in [0.1, 0.15) is 0 Å². The molecular weight excluding hydrogens is 234 g/mol. The van der Waals surface area contributed by atoms with Crippen LogP contribution in [0.1, 0.15) is 24.5 Å². The van der Waals surface area contributed by atoms with Gasteiger partial charge in [0.05, 0.1) is 13.3 Å². The lowest BCUT2D eigenvalue weighted by molar-refractivity contribution is 0.906. The number of hydrogen-bond donors (Lipinski definition) is 0. The predicted octanol–water partition coefficient (Wildman–Crippen LogP) is 4.36. The zero-order chi connectivity index (χ0) is 13.8. The zero-order valence-electron chi connectivity index (χ0n) is 11.7. The summed E-state index contributed by atoms with van der Waals surface area (Å²) in [6, 6.07) is 8.62. The first-order valence-electron chi connectivity index (χ1n) is 6.59. The third-order valence-electron chi connectivity index (χ3n) is 2.63. The topological polar surface area (TPSA) is 37.1 Å². The van der Waals surface area contributed by atoms with Gasteiger partial charge in [0.2, 0.25) is 0 Å². The van der Waals surface area contributed by atoms with E-state index in [9.17, 15) is 0 Å². The van der Waals surface area contributed by atoms with Crippen molar-refractivity contribution in [2.24, 2.45) is 15.4 Å². The molecule has 3 heteroatoms. The molecule has 100 valence electrons. The summed E-state index contributed by atoms with van der Waals surface area (Å²) in [7, 11) is 1.59. The second-order valence-electron chi connectivity index (χ2n) is 4.09. The molecule has 0 amide bonds. The third kappa shape index (κ3) is 6.46. The van der Waals surface area contributed by atoms with E-state index >= 15 is 0 Å². The summed E-state index contributed by atoms with van der Waals surface area (Å²) in [6.45, 7) is 2.21. The van der Waals surface area contributed by atoms with Crippen molar-refractivity contribution in [1.29, 1.82) is 0 Å². The van der Waals surface area contributed by atoms with Gasteiger partial charge in [-0.15, -0.1) is 5.10 Å². The number of allylic oxidation sites excluding steroid dienone is 4. The van der Waals surface area contributed by atoms with Crippen LogP contribution in [0, 0.1) is 0 Å². The normalized spacial score (nSPS) is 12.5. The minimum absolute atomic E-state index is 0.965. The van der Waals surface area contributed by atoms with Crippen LogP contribution in [-0.4, -0.2) is 13.3 Å². The molecule has 0 unspecified atom stereocenters. The van der Waals surface area contributed by atoms with Crippen LogP contribution >= 0.6 is 0 Å². The number of aryl methyl sites for hydroxylation is 1. The van der Waals surface area contributed by atoms with Gasteiger partial charge in [-0.3, -0.25) is 0 Å². The highest BCUT2D eigenvalue weighted by molar-refractivity contribution is 5.71. The van der Waals surface area contributed by atoms with Crippen molar-refractivity contribution in [3.63, 3.8) is 0 Å². The van der Waals surface area contributed by atoms with Crippen LogP contribution in [0.4, 0.5) is 0 Å². The highest BCUT2D eigenvalue weighted by atomic mass is 15.3. The average molecular weight is 255 g/mol. The SMILES string of the molecule is CCCc1ccccc1C/C=C/C=C/C=N/N=N/C. The van der Waals surface area contributed by atoms with Crippen molar-refractivity contribution in [3.05, 3.63) is 59.7 Å². The largest absolute Gasteiger partial charge is 0.172 e. The number of nitrogens with zero attached hydrogens (tertiary/aromatic N) is 3. The van der Waals surface area contributed by atoms with Crippen LogP contribution < -0.4 is 0 Å². The Morgan fingerprint density at radius 3 is 2.58 bits per heavy atom. The second kappa shape index (κ2) is 9.95. The van der Waals surface area contributed by atoms with Crippen LogP contribution in [0.5, 0.6) is 0 Å². The molecule has 1 rings (SSSR count). The molecule has 0 aliphatic rings. The summed E-state index contributed by atoms with van der Waals surface area (Å²) in [4.78, 5) is 0. The maximum atomic E-state index is 3.70. The van der Waals surface area contributed by atoms with E-state index in [4.69, 9.17) is 0 Å². The molecule has 0 bridgehead atoms. The molecule has 1 aromatic rings. The standard InChI is InChI=1S/C16H21N3/c1-3-10-15-12-7-8-13-16(15)11-6-4-5-9-14-18-19-17-2/h4-9,12-14H,3,10-11H2,1-2H3/b6-4+,9-5+,18-14+,19-17+. The highest BCUT2D eigenvalue weighted by Crippen LogP contribution is 2.12. The Bertz CT molecular complexity index is 471. The van der Waals surface area contributed by atoms with E-state index in [1.54, 1.807) is 13.3 Å². The van der Waals surface area contributed by atoms with Crippen LogP contribution in [0.3, 0.4) is 0 Å². The van der Waals surface area contributed by atoms with Crippen molar-refractivity contribution < 1.29 is 0 Å². The highest BCUT2D eigenvalue weighted by Gasteiger charge is 1.97. The Morgan fingerprint density at radius 1 is 1.05 bits per heavy atom. The fourth-order valence-electron chi connectivity index (χ4n) is 1.78. The Hall–Kier alpha value is -2.03. The fraction of sp³-hybridized carbons (Fsp3) is 0.312. The predicted molar refractivity (Wildman–Crippen MR) is 81.7 cm³/mol. The van der Waals surface area contributed by atoms with Crippen LogP contribution in [0.15, 0.2) is 64.0 Å². The maximum Gasteiger partial charge on any atom is 0.0513 e. The molecule has 0 radical (unpaired) electrons. The van der Waals surface area contributed by atoms with Crippen molar-refractivity contribution in [2.45, 2.75) is 26.2 Å². The van der Waals surface area contributed by atoms with Crippen molar-refractivity contribution in [3.8, 4) is 0 Å². The third-order valence-corrected chi connectivity index (χ3v) is 2.63. The molecular formula is C16H21N3. The summed E-state index contributed by atoms with van der Waals surface area (Å²) in [6.07, 6.45) is 12.9. The molecule has 3 nitrogen and oxygen atoms in total. The van der Waals surface area contributed by atoms with Gasteiger partial charge >= 0.3 is 0 Å². The number of benzene rings is 1. The van der Waals surface area contributed by atoms with Gasteiger partial charge in [-0.1, -0.05) is 55.8 Å². The molecule has 0 atom stereocenters. The lowest BCUT2D eigenvalue weighted by Crippen LogP contribution is -1.91. The van der Waals surface area contributed by atoms with Crippen molar-refractivity contribution in [2.75, 3.05) is 7.05 Å². The maximum absolute atomic E-state index is 3.70. The van der Waals surface area contributed by atoms with Gasteiger partial charge in [0, 0.05) is 0 Å². The minimum atomic E-state index is 0.965. The molecule has 0 aliphatic carbocycles. The first-order valence-corrected chi connectivity index (χ1v) is 6.59. The zero-order valence-corrected chi connectivity index (χ0v) is 11.7. The summed E-state index contributed by atoms with van der Waals surface area (Å²) in [5.74, 6) is 0. The van der Waals surface area contributed by atoms with Crippen LogP contribution in [0.2, 0.25) is 0 Å². The van der Waals surface area contributed by atoms with Crippen molar-refractivity contribution >= 4 is 6.21 Å². The molecule has 1 aromatic carbocycles. The van der Waals surface area contributed by atoms with E-state index in [1.165, 1.54) is 17.5 Å². The molecule has 0 saturated carbocycles. The fourth-order valence-corrected chi connectivity index (χ4v) is 1.78. The van der Waals surface area contributed by atoms with Gasteiger partial charge in [0.25, 0.3) is 0 Å². The summed E-state index contributed by atoms with van der Waals surface area (Å²) >= 11 is 0. The van der Waals surface area contributed by atoms with E-state index in [-0.39, 0.29) is 0 Å².